The molecule has 1 aliphatic rings. The first kappa shape index (κ1) is 23.9. The third-order valence-corrected chi connectivity index (χ3v) is 5.54. The Morgan fingerprint density at radius 2 is 1.71 bits per heavy atom. The largest absolute Gasteiger partial charge is 0.442 e. The average molecular weight is 479 g/mol. The van der Waals surface area contributed by atoms with Gasteiger partial charge in [0.2, 0.25) is 5.91 Å². The fourth-order valence-electron chi connectivity index (χ4n) is 3.69. The van der Waals surface area contributed by atoms with E-state index in [1.807, 2.05) is 0 Å². The van der Waals surface area contributed by atoms with Gasteiger partial charge in [0.05, 0.1) is 18.8 Å². The number of anilines is 1. The third-order valence-electron chi connectivity index (χ3n) is 5.54. The summed E-state index contributed by atoms with van der Waals surface area (Å²) in [4.78, 5) is 36.7. The van der Waals surface area contributed by atoms with E-state index in [-0.39, 0.29) is 31.4 Å². The second-order valence-electron chi connectivity index (χ2n) is 8.10. The summed E-state index contributed by atoms with van der Waals surface area (Å²) in [7, 11) is 0. The number of ether oxygens (including phenoxy) is 1. The minimum absolute atomic E-state index is 0.189. The quantitative estimate of drug-likeness (QED) is 0.536. The van der Waals surface area contributed by atoms with Crippen molar-refractivity contribution in [1.29, 1.82) is 0 Å². The standard InChI is InChI=1S/C26H23F2N3O4/c1-16(32)29-14-22-15-31(26(34)35-22)21-10-11-23(24(28)12-21)18-4-2-17(3-5-18)13-30-25(33)19-6-8-20(27)9-7-19/h2-12,22H,13-15H2,1H3,(H,29,32)(H,30,33). The van der Waals surface area contributed by atoms with Gasteiger partial charge in [-0.05, 0) is 53.6 Å². The van der Waals surface area contributed by atoms with Crippen molar-refractivity contribution >= 4 is 23.6 Å². The minimum Gasteiger partial charge on any atom is -0.442 e. The summed E-state index contributed by atoms with van der Waals surface area (Å²) in [6, 6.07) is 16.8. The van der Waals surface area contributed by atoms with Crippen molar-refractivity contribution in [3.05, 3.63) is 89.5 Å². The van der Waals surface area contributed by atoms with Crippen LogP contribution in [0.3, 0.4) is 0 Å². The van der Waals surface area contributed by atoms with Gasteiger partial charge >= 0.3 is 6.09 Å². The van der Waals surface area contributed by atoms with Crippen LogP contribution >= 0.6 is 0 Å². The number of rotatable bonds is 7. The molecule has 9 heteroatoms. The predicted molar refractivity (Wildman–Crippen MR) is 126 cm³/mol. The Kier molecular flexibility index (Phi) is 7.05. The van der Waals surface area contributed by atoms with Crippen LogP contribution in [0.25, 0.3) is 11.1 Å². The Morgan fingerprint density at radius 3 is 2.37 bits per heavy atom. The number of halogens is 2. The molecule has 1 atom stereocenters. The molecule has 180 valence electrons. The number of nitrogens with one attached hydrogen (secondary N) is 2. The first-order valence-electron chi connectivity index (χ1n) is 11.0. The SMILES string of the molecule is CC(=O)NCC1CN(c2ccc(-c3ccc(CNC(=O)c4ccc(F)cc4)cc3)c(F)c2)C(=O)O1. The maximum absolute atomic E-state index is 14.9. The molecule has 3 amide bonds. The normalized spacial score (nSPS) is 15.0. The van der Waals surface area contributed by atoms with Crippen LogP contribution in [0.1, 0.15) is 22.8 Å². The molecule has 1 saturated heterocycles. The number of hydrogen-bond acceptors (Lipinski definition) is 4. The maximum atomic E-state index is 14.9. The van der Waals surface area contributed by atoms with Crippen molar-refractivity contribution in [2.75, 3.05) is 18.0 Å². The summed E-state index contributed by atoms with van der Waals surface area (Å²) < 4.78 is 33.1. The van der Waals surface area contributed by atoms with Crippen molar-refractivity contribution in [3.63, 3.8) is 0 Å². The number of carbonyl (C=O) groups excluding carboxylic acids is 3. The van der Waals surface area contributed by atoms with Gasteiger partial charge in [-0.2, -0.15) is 0 Å². The molecular formula is C26H23F2N3O4. The number of hydrogen-bond donors (Lipinski definition) is 2. The maximum Gasteiger partial charge on any atom is 0.414 e. The molecule has 0 bridgehead atoms. The van der Waals surface area contributed by atoms with Gasteiger partial charge in [-0.15, -0.1) is 0 Å². The van der Waals surface area contributed by atoms with Crippen molar-refractivity contribution in [1.82, 2.24) is 10.6 Å². The van der Waals surface area contributed by atoms with Gasteiger partial charge in [0.25, 0.3) is 5.91 Å². The van der Waals surface area contributed by atoms with Crippen LogP contribution in [0.4, 0.5) is 19.3 Å². The molecule has 1 heterocycles. The molecule has 4 rings (SSSR count). The molecule has 0 spiro atoms. The van der Waals surface area contributed by atoms with E-state index in [0.29, 0.717) is 22.4 Å². The van der Waals surface area contributed by atoms with E-state index in [4.69, 9.17) is 4.74 Å². The molecule has 1 aliphatic heterocycles. The molecule has 7 nitrogen and oxygen atoms in total. The monoisotopic (exact) mass is 479 g/mol. The summed E-state index contributed by atoms with van der Waals surface area (Å²) in [6.07, 6.45) is -1.11. The van der Waals surface area contributed by atoms with E-state index in [9.17, 15) is 23.2 Å². The Bertz CT molecular complexity index is 1250. The first-order valence-corrected chi connectivity index (χ1v) is 11.0. The Morgan fingerprint density at radius 1 is 1.00 bits per heavy atom. The highest BCUT2D eigenvalue weighted by atomic mass is 19.1. The molecule has 3 aromatic rings. The van der Waals surface area contributed by atoms with Gasteiger partial charge in [0.15, 0.2) is 0 Å². The topological polar surface area (TPSA) is 87.7 Å². The number of carbonyl (C=O) groups is 3. The van der Waals surface area contributed by atoms with Gasteiger partial charge in [0, 0.05) is 24.6 Å². The fourth-order valence-corrected chi connectivity index (χ4v) is 3.69. The number of cyclic esters (lactones) is 1. The molecule has 0 saturated carbocycles. The highest BCUT2D eigenvalue weighted by Crippen LogP contribution is 2.29. The Balaban J connectivity index is 1.39. The van der Waals surface area contributed by atoms with Crippen LogP contribution in [0.15, 0.2) is 66.7 Å². The predicted octanol–water partition coefficient (Wildman–Crippen LogP) is 4.02. The minimum atomic E-state index is -0.598. The van der Waals surface area contributed by atoms with E-state index in [0.717, 1.165) is 5.56 Å². The molecule has 0 aliphatic carbocycles. The van der Waals surface area contributed by atoms with Crippen LogP contribution in [-0.2, 0) is 16.1 Å². The van der Waals surface area contributed by atoms with E-state index in [2.05, 4.69) is 10.6 Å². The zero-order valence-corrected chi connectivity index (χ0v) is 18.9. The van der Waals surface area contributed by atoms with E-state index in [1.54, 1.807) is 36.4 Å². The second-order valence-corrected chi connectivity index (χ2v) is 8.10. The molecule has 1 fully saturated rings. The highest BCUT2D eigenvalue weighted by Gasteiger charge is 2.32. The lowest BCUT2D eigenvalue weighted by Gasteiger charge is -2.15. The second kappa shape index (κ2) is 10.3. The average Bonchev–Trinajstić information content (AvgIpc) is 3.22. The van der Waals surface area contributed by atoms with Crippen LogP contribution in [0, 0.1) is 11.6 Å². The van der Waals surface area contributed by atoms with E-state index < -0.39 is 23.8 Å². The summed E-state index contributed by atoms with van der Waals surface area (Å²) >= 11 is 0. The van der Waals surface area contributed by atoms with Gasteiger partial charge in [0.1, 0.15) is 17.7 Å². The number of nitrogens with zero attached hydrogens (tertiary/aromatic N) is 1. The van der Waals surface area contributed by atoms with Crippen LogP contribution in [0.5, 0.6) is 0 Å². The summed E-state index contributed by atoms with van der Waals surface area (Å²) in [5, 5.41) is 5.36. The Hall–Kier alpha value is -4.27. The number of amides is 3. The first-order chi connectivity index (χ1) is 16.8. The van der Waals surface area contributed by atoms with Gasteiger partial charge in [-0.25, -0.2) is 13.6 Å². The Labute approximate surface area is 200 Å². The van der Waals surface area contributed by atoms with Crippen molar-refractivity contribution in [2.45, 2.75) is 19.6 Å². The van der Waals surface area contributed by atoms with Crippen LogP contribution in [-0.4, -0.2) is 37.1 Å². The third kappa shape index (κ3) is 5.81. The van der Waals surface area contributed by atoms with Crippen LogP contribution < -0.4 is 15.5 Å². The molecule has 1 unspecified atom stereocenters. The van der Waals surface area contributed by atoms with Crippen molar-refractivity contribution in [3.8, 4) is 11.1 Å². The van der Waals surface area contributed by atoms with Gasteiger partial charge < -0.3 is 15.4 Å². The van der Waals surface area contributed by atoms with E-state index >= 15 is 0 Å². The molecule has 35 heavy (non-hydrogen) atoms. The lowest BCUT2D eigenvalue weighted by Crippen LogP contribution is -2.33. The van der Waals surface area contributed by atoms with Crippen molar-refractivity contribution in [2.24, 2.45) is 0 Å². The molecule has 2 N–H and O–H groups in total. The molecule has 0 aromatic heterocycles. The summed E-state index contributed by atoms with van der Waals surface area (Å²) in [6.45, 7) is 2.03. The fraction of sp³-hybridized carbons (Fsp3) is 0.192. The molecule has 3 aromatic carbocycles. The molecular weight excluding hydrogens is 456 g/mol. The summed E-state index contributed by atoms with van der Waals surface area (Å²) in [5.74, 6) is -1.46. The van der Waals surface area contributed by atoms with Crippen LogP contribution in [0.2, 0.25) is 0 Å². The van der Waals surface area contributed by atoms with E-state index in [1.165, 1.54) is 42.2 Å². The van der Waals surface area contributed by atoms with Gasteiger partial charge in [-0.1, -0.05) is 24.3 Å². The zero-order valence-electron chi connectivity index (χ0n) is 18.9. The zero-order chi connectivity index (χ0) is 24.9. The number of benzene rings is 3. The molecule has 0 radical (unpaired) electrons. The highest BCUT2D eigenvalue weighted by molar-refractivity contribution is 5.94. The summed E-state index contributed by atoms with van der Waals surface area (Å²) in [5.41, 5.74) is 2.52. The van der Waals surface area contributed by atoms with Gasteiger partial charge in [-0.3, -0.25) is 14.5 Å². The lowest BCUT2D eigenvalue weighted by molar-refractivity contribution is -0.119. The smallest absolute Gasteiger partial charge is 0.414 e. The van der Waals surface area contributed by atoms with Crippen molar-refractivity contribution < 1.29 is 27.9 Å². The lowest BCUT2D eigenvalue weighted by atomic mass is 10.0.